The monoisotopic (exact) mass is 581 g/mol. The number of hydrogen-bond donors (Lipinski definition) is 1. The van der Waals surface area contributed by atoms with E-state index in [1.807, 2.05) is 32.0 Å². The second kappa shape index (κ2) is 12.9. The molecule has 0 saturated heterocycles. The minimum atomic E-state index is -4.11. The molecule has 0 heterocycles. The number of aryl methyl sites for hydroxylation is 2. The highest BCUT2D eigenvalue weighted by Crippen LogP contribution is 2.29. The van der Waals surface area contributed by atoms with Crippen LogP contribution in [-0.4, -0.2) is 43.8 Å². The van der Waals surface area contributed by atoms with Crippen molar-refractivity contribution in [2.24, 2.45) is 0 Å². The van der Waals surface area contributed by atoms with Crippen LogP contribution in [0.2, 0.25) is 5.02 Å². The van der Waals surface area contributed by atoms with E-state index in [1.54, 1.807) is 49.4 Å². The number of anilines is 1. The second-order valence-corrected chi connectivity index (χ2v) is 12.7. The Morgan fingerprint density at radius 2 is 1.62 bits per heavy atom. The van der Waals surface area contributed by atoms with E-state index >= 15 is 0 Å². The molecule has 1 unspecified atom stereocenters. The first-order valence-electron chi connectivity index (χ1n) is 13.6. The molecule has 2 amide bonds. The minimum absolute atomic E-state index is 0.0593. The van der Waals surface area contributed by atoms with Crippen molar-refractivity contribution in [2.75, 3.05) is 10.8 Å². The van der Waals surface area contributed by atoms with Crippen molar-refractivity contribution in [1.82, 2.24) is 10.2 Å². The Morgan fingerprint density at radius 3 is 2.30 bits per heavy atom. The molecule has 1 atom stereocenters. The molecule has 1 saturated carbocycles. The van der Waals surface area contributed by atoms with Crippen LogP contribution in [0.15, 0.2) is 77.7 Å². The molecule has 0 aliphatic heterocycles. The van der Waals surface area contributed by atoms with Gasteiger partial charge in [0.2, 0.25) is 11.8 Å². The summed E-state index contributed by atoms with van der Waals surface area (Å²) in [6, 6.07) is 19.9. The normalized spacial score (nSPS) is 14.5. The SMILES string of the molecule is Cc1ccc(C)c(N(CC(=O)N(Cc2ccccc2Cl)C(C)C(=O)NC2CCCC2)S(=O)(=O)c2ccccc2)c1. The van der Waals surface area contributed by atoms with Gasteiger partial charge in [-0.15, -0.1) is 0 Å². The first kappa shape index (κ1) is 29.6. The van der Waals surface area contributed by atoms with Gasteiger partial charge < -0.3 is 10.2 Å². The van der Waals surface area contributed by atoms with Crippen LogP contribution >= 0.6 is 11.6 Å². The number of sulfonamides is 1. The third kappa shape index (κ3) is 6.85. The van der Waals surface area contributed by atoms with Gasteiger partial charge in [-0.2, -0.15) is 0 Å². The van der Waals surface area contributed by atoms with Gasteiger partial charge in [0.1, 0.15) is 12.6 Å². The number of hydrogen-bond acceptors (Lipinski definition) is 4. The molecule has 3 aromatic carbocycles. The van der Waals surface area contributed by atoms with Crippen LogP contribution in [-0.2, 0) is 26.2 Å². The van der Waals surface area contributed by atoms with Gasteiger partial charge in [-0.05, 0) is 74.6 Å². The number of halogens is 1. The van der Waals surface area contributed by atoms with Crippen LogP contribution in [0.25, 0.3) is 0 Å². The predicted molar refractivity (Wildman–Crippen MR) is 159 cm³/mol. The smallest absolute Gasteiger partial charge is 0.264 e. The lowest BCUT2D eigenvalue weighted by atomic mass is 10.1. The maximum Gasteiger partial charge on any atom is 0.264 e. The van der Waals surface area contributed by atoms with Crippen molar-refractivity contribution in [3.63, 3.8) is 0 Å². The van der Waals surface area contributed by atoms with Gasteiger partial charge in [-0.1, -0.05) is 73.0 Å². The Morgan fingerprint density at radius 1 is 0.975 bits per heavy atom. The van der Waals surface area contributed by atoms with Crippen LogP contribution in [0.3, 0.4) is 0 Å². The average molecular weight is 582 g/mol. The van der Waals surface area contributed by atoms with Crippen molar-refractivity contribution >= 4 is 39.1 Å². The Kier molecular flexibility index (Phi) is 9.53. The molecule has 0 radical (unpaired) electrons. The van der Waals surface area contributed by atoms with Crippen LogP contribution in [0.1, 0.15) is 49.3 Å². The summed E-state index contributed by atoms with van der Waals surface area (Å²) in [5.41, 5.74) is 2.65. The van der Waals surface area contributed by atoms with Crippen LogP contribution < -0.4 is 9.62 Å². The van der Waals surface area contributed by atoms with Crippen LogP contribution in [0, 0.1) is 13.8 Å². The third-order valence-corrected chi connectivity index (χ3v) is 9.55. The molecule has 0 aromatic heterocycles. The van der Waals surface area contributed by atoms with Gasteiger partial charge in [0.15, 0.2) is 0 Å². The molecule has 4 rings (SSSR count). The summed E-state index contributed by atoms with van der Waals surface area (Å²) in [6.07, 6.45) is 3.94. The Balaban J connectivity index is 1.72. The number of amides is 2. The lowest BCUT2D eigenvalue weighted by molar-refractivity contribution is -0.139. The van der Waals surface area contributed by atoms with Gasteiger partial charge in [-0.25, -0.2) is 8.42 Å². The Hall–Kier alpha value is -3.36. The molecule has 0 bridgehead atoms. The van der Waals surface area contributed by atoms with Crippen molar-refractivity contribution in [3.05, 3.63) is 94.5 Å². The van der Waals surface area contributed by atoms with Crippen LogP contribution in [0.5, 0.6) is 0 Å². The minimum Gasteiger partial charge on any atom is -0.352 e. The standard InChI is InChI=1S/C31H36ClN3O4S/c1-22-17-18-23(2)29(19-22)35(40(38,39)27-14-5-4-6-15-27)21-30(36)34(20-25-11-7-10-16-28(25)32)24(3)31(37)33-26-12-8-9-13-26/h4-7,10-11,14-19,24,26H,8-9,12-13,20-21H2,1-3H3,(H,33,37). The maximum absolute atomic E-state index is 14.1. The molecule has 3 aromatic rings. The molecule has 40 heavy (non-hydrogen) atoms. The fourth-order valence-corrected chi connectivity index (χ4v) is 6.69. The van der Waals surface area contributed by atoms with E-state index in [1.165, 1.54) is 17.0 Å². The molecule has 1 aliphatic carbocycles. The van der Waals surface area contributed by atoms with Crippen molar-refractivity contribution in [2.45, 2.75) is 70.0 Å². The molecule has 7 nitrogen and oxygen atoms in total. The topological polar surface area (TPSA) is 86.8 Å². The number of carbonyl (C=O) groups excluding carboxylic acids is 2. The van der Waals surface area contributed by atoms with Crippen molar-refractivity contribution in [3.8, 4) is 0 Å². The average Bonchev–Trinajstić information content (AvgIpc) is 3.45. The summed E-state index contributed by atoms with van der Waals surface area (Å²) in [5, 5.41) is 3.54. The van der Waals surface area contributed by atoms with E-state index in [9.17, 15) is 18.0 Å². The first-order valence-corrected chi connectivity index (χ1v) is 15.4. The quantitative estimate of drug-likeness (QED) is 0.336. The van der Waals surface area contributed by atoms with Crippen molar-refractivity contribution in [1.29, 1.82) is 0 Å². The first-order chi connectivity index (χ1) is 19.1. The van der Waals surface area contributed by atoms with E-state index in [0.717, 1.165) is 35.6 Å². The molecule has 1 aliphatic rings. The summed E-state index contributed by atoms with van der Waals surface area (Å²) in [5.74, 6) is -0.772. The zero-order valence-corrected chi connectivity index (χ0v) is 24.7. The summed E-state index contributed by atoms with van der Waals surface area (Å²) in [7, 11) is -4.11. The molecular formula is C31H36ClN3O4S. The zero-order chi connectivity index (χ0) is 28.9. The molecule has 9 heteroatoms. The van der Waals surface area contributed by atoms with Crippen LogP contribution in [0.4, 0.5) is 5.69 Å². The molecule has 212 valence electrons. The maximum atomic E-state index is 14.1. The van der Waals surface area contributed by atoms with E-state index < -0.39 is 28.5 Å². The predicted octanol–water partition coefficient (Wildman–Crippen LogP) is 5.63. The van der Waals surface area contributed by atoms with Gasteiger partial charge in [0.05, 0.1) is 10.6 Å². The number of nitrogens with one attached hydrogen (secondary N) is 1. The third-order valence-electron chi connectivity index (χ3n) is 7.41. The summed E-state index contributed by atoms with van der Waals surface area (Å²) < 4.78 is 29.1. The van der Waals surface area contributed by atoms with E-state index in [0.29, 0.717) is 21.8 Å². The number of benzene rings is 3. The largest absolute Gasteiger partial charge is 0.352 e. The highest BCUT2D eigenvalue weighted by Gasteiger charge is 2.34. The highest BCUT2D eigenvalue weighted by atomic mass is 35.5. The summed E-state index contributed by atoms with van der Waals surface area (Å²) >= 11 is 6.44. The van der Waals surface area contributed by atoms with Gasteiger partial charge in [0.25, 0.3) is 10.0 Å². The van der Waals surface area contributed by atoms with E-state index in [4.69, 9.17) is 11.6 Å². The number of rotatable bonds is 10. The van der Waals surface area contributed by atoms with Gasteiger partial charge >= 0.3 is 0 Å². The number of nitrogens with zero attached hydrogens (tertiary/aromatic N) is 2. The Bertz CT molecular complexity index is 1460. The summed E-state index contributed by atoms with van der Waals surface area (Å²) in [6.45, 7) is 4.94. The lowest BCUT2D eigenvalue weighted by Crippen LogP contribution is -2.52. The second-order valence-electron chi connectivity index (χ2n) is 10.4. The number of carbonyl (C=O) groups is 2. The van der Waals surface area contributed by atoms with Gasteiger partial charge in [0, 0.05) is 17.6 Å². The van der Waals surface area contributed by atoms with Crippen molar-refractivity contribution < 1.29 is 18.0 Å². The fraction of sp³-hybridized carbons (Fsp3) is 0.355. The van der Waals surface area contributed by atoms with E-state index in [2.05, 4.69) is 5.32 Å². The molecule has 0 spiro atoms. The molecule has 1 N–H and O–H groups in total. The Labute approximate surface area is 242 Å². The van der Waals surface area contributed by atoms with Gasteiger partial charge in [-0.3, -0.25) is 13.9 Å². The highest BCUT2D eigenvalue weighted by molar-refractivity contribution is 7.92. The lowest BCUT2D eigenvalue weighted by Gasteiger charge is -2.33. The molecule has 1 fully saturated rings. The summed E-state index contributed by atoms with van der Waals surface area (Å²) in [4.78, 5) is 28.9. The zero-order valence-electron chi connectivity index (χ0n) is 23.1. The van der Waals surface area contributed by atoms with E-state index in [-0.39, 0.29) is 23.4 Å². The molecular weight excluding hydrogens is 546 g/mol. The fourth-order valence-electron chi connectivity index (χ4n) is 5.01.